The van der Waals surface area contributed by atoms with E-state index in [1.165, 1.54) is 16.7 Å². The van der Waals surface area contributed by atoms with Crippen molar-refractivity contribution in [2.24, 2.45) is 5.73 Å². The molecule has 0 radical (unpaired) electrons. The molecule has 0 spiro atoms. The second-order valence-electron chi connectivity index (χ2n) is 4.57. The highest BCUT2D eigenvalue weighted by atomic mass is 35.5. The normalized spacial score (nSPS) is 27.1. The number of allylic oxidation sites excluding steroid dienone is 1. The molecule has 2 aliphatic heterocycles. The molecule has 0 aromatic carbocycles. The lowest BCUT2D eigenvalue weighted by molar-refractivity contribution is -0.143. The van der Waals surface area contributed by atoms with Crippen LogP contribution in [0.1, 0.15) is 32.6 Å². The molecule has 0 unspecified atom stereocenters. The SMILES string of the molecule is CCCCCC(=O)C1=C(Cl)CS[C@@H]2[C@H](N)C(=O)N12. The van der Waals surface area contributed by atoms with E-state index in [2.05, 4.69) is 6.92 Å². The van der Waals surface area contributed by atoms with Gasteiger partial charge >= 0.3 is 0 Å². The Morgan fingerprint density at radius 1 is 1.56 bits per heavy atom. The Balaban J connectivity index is 2.09. The van der Waals surface area contributed by atoms with Crippen molar-refractivity contribution in [3.63, 3.8) is 0 Å². The van der Waals surface area contributed by atoms with Crippen LogP contribution in [-0.4, -0.2) is 33.8 Å². The average molecular weight is 289 g/mol. The summed E-state index contributed by atoms with van der Waals surface area (Å²) in [6.07, 6.45) is 3.37. The van der Waals surface area contributed by atoms with Gasteiger partial charge in [0, 0.05) is 12.2 Å². The molecule has 0 aromatic heterocycles. The first-order valence-electron chi connectivity index (χ1n) is 6.20. The molecular weight excluding hydrogens is 272 g/mol. The van der Waals surface area contributed by atoms with Gasteiger partial charge in [-0.25, -0.2) is 0 Å². The predicted octanol–water partition coefficient (Wildman–Crippen LogP) is 1.83. The third-order valence-electron chi connectivity index (χ3n) is 3.23. The Labute approximate surface area is 116 Å². The van der Waals surface area contributed by atoms with Crippen LogP contribution >= 0.6 is 23.4 Å². The van der Waals surface area contributed by atoms with Crippen LogP contribution in [0, 0.1) is 0 Å². The maximum Gasteiger partial charge on any atom is 0.248 e. The molecule has 6 heteroatoms. The first-order chi connectivity index (χ1) is 8.57. The van der Waals surface area contributed by atoms with E-state index >= 15 is 0 Å². The van der Waals surface area contributed by atoms with Crippen LogP contribution in [0.15, 0.2) is 10.7 Å². The van der Waals surface area contributed by atoms with Gasteiger partial charge in [0.15, 0.2) is 5.78 Å². The van der Waals surface area contributed by atoms with Crippen molar-refractivity contribution in [2.45, 2.75) is 44.0 Å². The molecule has 0 saturated carbocycles. The van der Waals surface area contributed by atoms with Crippen molar-refractivity contribution in [3.05, 3.63) is 10.7 Å². The number of ketones is 1. The fourth-order valence-corrected chi connectivity index (χ4v) is 3.72. The number of amides is 1. The van der Waals surface area contributed by atoms with Gasteiger partial charge in [0.25, 0.3) is 0 Å². The number of hydrogen-bond donors (Lipinski definition) is 1. The van der Waals surface area contributed by atoms with E-state index in [1.54, 1.807) is 0 Å². The maximum atomic E-state index is 12.1. The van der Waals surface area contributed by atoms with Gasteiger partial charge in [-0.1, -0.05) is 31.4 Å². The van der Waals surface area contributed by atoms with Gasteiger partial charge in [-0.3, -0.25) is 14.5 Å². The molecule has 2 aliphatic rings. The van der Waals surface area contributed by atoms with E-state index in [9.17, 15) is 9.59 Å². The van der Waals surface area contributed by atoms with Crippen molar-refractivity contribution in [3.8, 4) is 0 Å². The van der Waals surface area contributed by atoms with Gasteiger partial charge in [0.05, 0.1) is 5.03 Å². The lowest BCUT2D eigenvalue weighted by Gasteiger charge is -2.48. The summed E-state index contributed by atoms with van der Waals surface area (Å²) in [6.45, 7) is 2.09. The number of Topliss-reactive ketones (excluding diaryl/α,β-unsaturated/α-hetero) is 1. The molecule has 2 atom stereocenters. The summed E-state index contributed by atoms with van der Waals surface area (Å²) in [4.78, 5) is 25.3. The van der Waals surface area contributed by atoms with Crippen molar-refractivity contribution < 1.29 is 9.59 Å². The van der Waals surface area contributed by atoms with Crippen LogP contribution in [0.2, 0.25) is 0 Å². The Hall–Kier alpha value is -0.520. The van der Waals surface area contributed by atoms with Gasteiger partial charge in [-0.15, -0.1) is 11.8 Å². The summed E-state index contributed by atoms with van der Waals surface area (Å²) in [6, 6.07) is -0.488. The molecule has 1 amide bonds. The molecule has 2 heterocycles. The number of β-lactam (4-membered cyclic amide) rings is 1. The number of carbonyl (C=O) groups is 2. The van der Waals surface area contributed by atoms with E-state index in [1.807, 2.05) is 0 Å². The fraction of sp³-hybridized carbons (Fsp3) is 0.667. The molecule has 2 N–H and O–H groups in total. The lowest BCUT2D eigenvalue weighted by atomic mass is 10.0. The minimum absolute atomic E-state index is 0.0287. The first kappa shape index (κ1) is 13.9. The third-order valence-corrected chi connectivity index (χ3v) is 5.01. The minimum atomic E-state index is -0.488. The summed E-state index contributed by atoms with van der Waals surface area (Å²) >= 11 is 7.62. The summed E-state index contributed by atoms with van der Waals surface area (Å²) in [5.41, 5.74) is 6.11. The van der Waals surface area contributed by atoms with Gasteiger partial charge in [0.2, 0.25) is 5.91 Å². The number of rotatable bonds is 5. The number of unbranched alkanes of at least 4 members (excludes halogenated alkanes) is 2. The molecular formula is C12H17ClN2O2S. The molecule has 100 valence electrons. The molecule has 0 aliphatic carbocycles. The van der Waals surface area contributed by atoms with Gasteiger partial charge in [-0.05, 0) is 6.42 Å². The summed E-state index contributed by atoms with van der Waals surface area (Å²) in [7, 11) is 0. The molecule has 1 fully saturated rings. The molecule has 0 bridgehead atoms. The molecule has 2 rings (SSSR count). The standard InChI is InChI=1S/C12H17ClN2O2S/c1-2-3-4-5-8(16)10-7(13)6-18-12-9(14)11(17)15(10)12/h9,12H,2-6,14H2,1H3/t9-,12-/m1/s1. The molecule has 4 nitrogen and oxygen atoms in total. The number of halogens is 1. The second-order valence-corrected chi connectivity index (χ2v) is 6.13. The van der Waals surface area contributed by atoms with E-state index in [0.29, 0.717) is 22.9 Å². The summed E-state index contributed by atoms with van der Waals surface area (Å²) < 4.78 is 0. The van der Waals surface area contributed by atoms with Crippen molar-refractivity contribution in [1.29, 1.82) is 0 Å². The number of thioether (sulfide) groups is 1. The zero-order valence-corrected chi connectivity index (χ0v) is 11.9. The van der Waals surface area contributed by atoms with Crippen molar-refractivity contribution in [2.75, 3.05) is 5.75 Å². The maximum absolute atomic E-state index is 12.1. The molecule has 1 saturated heterocycles. The van der Waals surface area contributed by atoms with Crippen LogP contribution in [-0.2, 0) is 9.59 Å². The zero-order chi connectivity index (χ0) is 13.3. The van der Waals surface area contributed by atoms with Gasteiger partial charge in [0.1, 0.15) is 17.1 Å². The quantitative estimate of drug-likeness (QED) is 0.619. The summed E-state index contributed by atoms with van der Waals surface area (Å²) in [5, 5.41) is 0.378. The van der Waals surface area contributed by atoms with Gasteiger partial charge in [-0.2, -0.15) is 0 Å². The minimum Gasteiger partial charge on any atom is -0.317 e. The van der Waals surface area contributed by atoms with Crippen molar-refractivity contribution >= 4 is 35.1 Å². The van der Waals surface area contributed by atoms with E-state index in [4.69, 9.17) is 17.3 Å². The third kappa shape index (κ3) is 2.31. The van der Waals surface area contributed by atoms with Crippen LogP contribution in [0.5, 0.6) is 0 Å². The highest BCUT2D eigenvalue weighted by Gasteiger charge is 2.51. The fourth-order valence-electron chi connectivity index (χ4n) is 2.20. The van der Waals surface area contributed by atoms with Crippen molar-refractivity contribution in [1.82, 2.24) is 4.90 Å². The highest BCUT2D eigenvalue weighted by molar-refractivity contribution is 8.00. The van der Waals surface area contributed by atoms with Crippen LogP contribution in [0.3, 0.4) is 0 Å². The number of hydrogen-bond acceptors (Lipinski definition) is 4. The molecule has 18 heavy (non-hydrogen) atoms. The van der Waals surface area contributed by atoms with Crippen LogP contribution in [0.25, 0.3) is 0 Å². The average Bonchev–Trinajstić information content (AvgIpc) is 2.37. The number of nitrogens with two attached hydrogens (primary N) is 1. The lowest BCUT2D eigenvalue weighted by Crippen LogP contribution is -2.68. The zero-order valence-electron chi connectivity index (χ0n) is 10.3. The van der Waals surface area contributed by atoms with Gasteiger partial charge < -0.3 is 5.73 Å². The first-order valence-corrected chi connectivity index (χ1v) is 7.62. The largest absolute Gasteiger partial charge is 0.317 e. The van der Waals surface area contributed by atoms with E-state index in [-0.39, 0.29) is 17.1 Å². The Morgan fingerprint density at radius 2 is 2.28 bits per heavy atom. The second kappa shape index (κ2) is 5.63. The summed E-state index contributed by atoms with van der Waals surface area (Å²) in [5.74, 6) is 0.349. The Morgan fingerprint density at radius 3 is 2.94 bits per heavy atom. The monoisotopic (exact) mass is 288 g/mol. The van der Waals surface area contributed by atoms with E-state index in [0.717, 1.165) is 19.3 Å². The number of carbonyl (C=O) groups excluding carboxylic acids is 2. The Bertz CT molecular complexity index is 411. The molecule has 0 aromatic rings. The smallest absolute Gasteiger partial charge is 0.248 e. The van der Waals surface area contributed by atoms with E-state index < -0.39 is 6.04 Å². The number of fused-ring (bicyclic) bond motifs is 1. The van der Waals surface area contributed by atoms with Crippen LogP contribution < -0.4 is 5.73 Å². The van der Waals surface area contributed by atoms with Crippen LogP contribution in [0.4, 0.5) is 0 Å². The topological polar surface area (TPSA) is 63.4 Å². The number of nitrogens with zero attached hydrogens (tertiary/aromatic N) is 1. The Kier molecular flexibility index (Phi) is 4.35. The highest BCUT2D eigenvalue weighted by Crippen LogP contribution is 2.41. The predicted molar refractivity (Wildman–Crippen MR) is 73.1 cm³/mol.